The lowest BCUT2D eigenvalue weighted by molar-refractivity contribution is -0.124. The van der Waals surface area contributed by atoms with Gasteiger partial charge in [0.05, 0.1) is 6.54 Å². The summed E-state index contributed by atoms with van der Waals surface area (Å²) in [5.41, 5.74) is 1.84. The first-order chi connectivity index (χ1) is 14.5. The molecule has 0 radical (unpaired) electrons. The second kappa shape index (κ2) is 12.4. The van der Waals surface area contributed by atoms with Crippen molar-refractivity contribution in [1.29, 1.82) is 0 Å². The van der Waals surface area contributed by atoms with Gasteiger partial charge in [-0.05, 0) is 48.9 Å². The van der Waals surface area contributed by atoms with Crippen molar-refractivity contribution in [2.24, 2.45) is 4.99 Å². The van der Waals surface area contributed by atoms with E-state index in [9.17, 15) is 4.79 Å². The first kappa shape index (κ1) is 25.6. The number of carbonyl (C=O) groups is 1. The Morgan fingerprint density at radius 1 is 1.26 bits per heavy atom. The Bertz CT molecular complexity index is 849. The van der Waals surface area contributed by atoms with Gasteiger partial charge in [0.2, 0.25) is 0 Å². The summed E-state index contributed by atoms with van der Waals surface area (Å²) >= 11 is 1.78. The summed E-state index contributed by atoms with van der Waals surface area (Å²) < 4.78 is 5.45. The maximum atomic E-state index is 12.3. The molecule has 1 saturated heterocycles. The van der Waals surface area contributed by atoms with Crippen molar-refractivity contribution in [3.63, 3.8) is 0 Å². The zero-order valence-electron chi connectivity index (χ0n) is 18.4. The van der Waals surface area contributed by atoms with E-state index < -0.39 is 0 Å². The first-order valence-electron chi connectivity index (χ1n) is 10.6. The molecule has 1 atom stereocenters. The van der Waals surface area contributed by atoms with Gasteiger partial charge in [0, 0.05) is 35.7 Å². The number of halogens is 1. The number of aliphatic imine (C=N–C) groups is 1. The minimum Gasteiger partial charge on any atom is -0.368 e. The highest BCUT2D eigenvalue weighted by molar-refractivity contribution is 14.0. The number of nitrogens with one attached hydrogen (secondary N) is 3. The zero-order chi connectivity index (χ0) is 21.4. The molecular formula is C23H33IN4O2S. The van der Waals surface area contributed by atoms with Gasteiger partial charge in [-0.2, -0.15) is 0 Å². The van der Waals surface area contributed by atoms with Crippen LogP contribution in [0.1, 0.15) is 44.1 Å². The molecule has 6 nitrogen and oxygen atoms in total. The quantitative estimate of drug-likeness (QED) is 0.254. The van der Waals surface area contributed by atoms with E-state index in [1.165, 1.54) is 4.88 Å². The zero-order valence-corrected chi connectivity index (χ0v) is 21.6. The van der Waals surface area contributed by atoms with Crippen LogP contribution in [0, 0.1) is 0 Å². The Kier molecular flexibility index (Phi) is 10.2. The van der Waals surface area contributed by atoms with Gasteiger partial charge >= 0.3 is 0 Å². The van der Waals surface area contributed by atoms with Crippen LogP contribution in [0.4, 0.5) is 5.69 Å². The third-order valence-electron chi connectivity index (χ3n) is 5.07. The van der Waals surface area contributed by atoms with E-state index in [2.05, 4.69) is 54.2 Å². The molecule has 3 rings (SSSR count). The lowest BCUT2D eigenvalue weighted by Crippen LogP contribution is -2.43. The fraction of sp³-hybridized carbons (Fsp3) is 0.478. The van der Waals surface area contributed by atoms with Crippen molar-refractivity contribution in [2.75, 3.05) is 25.0 Å². The molecule has 0 bridgehead atoms. The number of thiophene rings is 1. The number of rotatable bonds is 8. The predicted molar refractivity (Wildman–Crippen MR) is 140 cm³/mol. The number of guanidine groups is 1. The van der Waals surface area contributed by atoms with Gasteiger partial charge in [-0.1, -0.05) is 32.0 Å². The van der Waals surface area contributed by atoms with E-state index in [1.54, 1.807) is 11.3 Å². The average molecular weight is 557 g/mol. The van der Waals surface area contributed by atoms with E-state index >= 15 is 0 Å². The lowest BCUT2D eigenvalue weighted by Gasteiger charge is -2.25. The Hall–Kier alpha value is -1.65. The molecule has 2 heterocycles. The van der Waals surface area contributed by atoms with Gasteiger partial charge in [-0.25, -0.2) is 4.99 Å². The summed E-state index contributed by atoms with van der Waals surface area (Å²) in [4.78, 5) is 18.3. The van der Waals surface area contributed by atoms with Gasteiger partial charge < -0.3 is 20.7 Å². The summed E-state index contributed by atoms with van der Waals surface area (Å²) in [7, 11) is 0. The molecule has 1 amide bonds. The fourth-order valence-electron chi connectivity index (χ4n) is 3.32. The Morgan fingerprint density at radius 3 is 2.77 bits per heavy atom. The van der Waals surface area contributed by atoms with Crippen LogP contribution in [-0.2, 0) is 21.5 Å². The number of ether oxygens (including phenoxy) is 1. The summed E-state index contributed by atoms with van der Waals surface area (Å²) in [6.07, 6.45) is 1.40. The summed E-state index contributed by atoms with van der Waals surface area (Å²) in [5.74, 6) is 0.717. The molecule has 170 valence electrons. The van der Waals surface area contributed by atoms with Crippen molar-refractivity contribution < 1.29 is 9.53 Å². The van der Waals surface area contributed by atoms with Crippen LogP contribution in [-0.4, -0.2) is 37.7 Å². The van der Waals surface area contributed by atoms with Crippen molar-refractivity contribution >= 4 is 52.9 Å². The number of nitrogens with zero attached hydrogens (tertiary/aromatic N) is 1. The number of amides is 1. The van der Waals surface area contributed by atoms with Gasteiger partial charge in [0.25, 0.3) is 5.91 Å². The average Bonchev–Trinajstić information content (AvgIpc) is 3.45. The van der Waals surface area contributed by atoms with Crippen molar-refractivity contribution in [1.82, 2.24) is 10.6 Å². The van der Waals surface area contributed by atoms with Crippen LogP contribution in [0.15, 0.2) is 46.8 Å². The van der Waals surface area contributed by atoms with E-state index in [4.69, 9.17) is 9.73 Å². The fourth-order valence-corrected chi connectivity index (χ4v) is 4.17. The second-order valence-electron chi connectivity index (χ2n) is 8.10. The largest absolute Gasteiger partial charge is 0.368 e. The van der Waals surface area contributed by atoms with E-state index in [-0.39, 0.29) is 41.4 Å². The van der Waals surface area contributed by atoms with Crippen LogP contribution in [0.25, 0.3) is 0 Å². The molecule has 1 fully saturated rings. The minimum atomic E-state index is -0.331. The lowest BCUT2D eigenvalue weighted by atomic mass is 9.91. The highest BCUT2D eigenvalue weighted by Crippen LogP contribution is 2.26. The van der Waals surface area contributed by atoms with Gasteiger partial charge in [0.15, 0.2) is 5.96 Å². The number of hydrogen-bond donors (Lipinski definition) is 3. The smallest absolute Gasteiger partial charge is 0.253 e. The number of carbonyl (C=O) groups excluding carboxylic acids is 1. The van der Waals surface area contributed by atoms with Gasteiger partial charge in [0.1, 0.15) is 6.10 Å². The van der Waals surface area contributed by atoms with Crippen LogP contribution in [0.3, 0.4) is 0 Å². The third kappa shape index (κ3) is 7.76. The summed E-state index contributed by atoms with van der Waals surface area (Å²) in [6.45, 7) is 9.29. The normalized spacial score (nSPS) is 16.5. The molecule has 1 unspecified atom stereocenters. The Labute approximate surface area is 206 Å². The molecule has 3 N–H and O–H groups in total. The third-order valence-corrected chi connectivity index (χ3v) is 6.30. The number of benzene rings is 1. The van der Waals surface area contributed by atoms with E-state index in [1.807, 2.05) is 24.3 Å². The minimum absolute atomic E-state index is 0. The SMILES string of the molecule is CCNC(=NCc1cccc(NC(=O)C2CCCO2)c1)NCC(C)(C)c1cccs1.I. The molecule has 0 aliphatic carbocycles. The van der Waals surface area contributed by atoms with Gasteiger partial charge in [-0.3, -0.25) is 4.79 Å². The molecule has 1 aliphatic heterocycles. The summed E-state index contributed by atoms with van der Waals surface area (Å²) in [6, 6.07) is 12.1. The van der Waals surface area contributed by atoms with Crippen LogP contribution in [0.5, 0.6) is 0 Å². The molecule has 0 spiro atoms. The summed E-state index contributed by atoms with van der Waals surface area (Å²) in [5, 5.41) is 11.8. The molecule has 1 aromatic carbocycles. The predicted octanol–water partition coefficient (Wildman–Crippen LogP) is 4.52. The maximum Gasteiger partial charge on any atom is 0.253 e. The molecule has 2 aromatic rings. The monoisotopic (exact) mass is 556 g/mol. The Balaban J connectivity index is 0.00000341. The van der Waals surface area contributed by atoms with E-state index in [0.29, 0.717) is 13.2 Å². The van der Waals surface area contributed by atoms with Gasteiger partial charge in [-0.15, -0.1) is 35.3 Å². The van der Waals surface area contributed by atoms with E-state index in [0.717, 1.165) is 43.1 Å². The molecular weight excluding hydrogens is 523 g/mol. The highest BCUT2D eigenvalue weighted by atomic mass is 127. The molecule has 1 aromatic heterocycles. The van der Waals surface area contributed by atoms with Crippen LogP contribution >= 0.6 is 35.3 Å². The second-order valence-corrected chi connectivity index (χ2v) is 9.05. The van der Waals surface area contributed by atoms with Crippen LogP contribution in [0.2, 0.25) is 0 Å². The highest BCUT2D eigenvalue weighted by Gasteiger charge is 2.24. The Morgan fingerprint density at radius 2 is 2.10 bits per heavy atom. The molecule has 8 heteroatoms. The first-order valence-corrected chi connectivity index (χ1v) is 11.4. The molecule has 31 heavy (non-hydrogen) atoms. The molecule has 1 aliphatic rings. The van der Waals surface area contributed by atoms with Crippen molar-refractivity contribution in [2.45, 2.75) is 51.7 Å². The van der Waals surface area contributed by atoms with Crippen molar-refractivity contribution in [3.05, 3.63) is 52.2 Å². The number of anilines is 1. The van der Waals surface area contributed by atoms with Crippen molar-refractivity contribution in [3.8, 4) is 0 Å². The molecule has 0 saturated carbocycles. The number of hydrogen-bond acceptors (Lipinski definition) is 4. The standard InChI is InChI=1S/C23H32N4O2S.HI/c1-4-24-22(26-16-23(2,3)20-11-7-13-30-20)25-15-17-8-5-9-18(14-17)27-21(28)19-10-6-12-29-19;/h5,7-9,11,13-14,19H,4,6,10,12,15-16H2,1-3H3,(H,27,28)(H2,24,25,26);1H. The van der Waals surface area contributed by atoms with Crippen LogP contribution < -0.4 is 16.0 Å². The maximum absolute atomic E-state index is 12.3. The topological polar surface area (TPSA) is 74.8 Å².